The summed E-state index contributed by atoms with van der Waals surface area (Å²) in [6.07, 6.45) is 3.09. The van der Waals surface area contributed by atoms with E-state index in [4.69, 9.17) is 11.6 Å². The van der Waals surface area contributed by atoms with Crippen LogP contribution in [0.2, 0.25) is 5.15 Å². The zero-order chi connectivity index (χ0) is 6.69. The molecule has 1 rings (SSSR count). The Balaban J connectivity index is 2.94. The summed E-state index contributed by atoms with van der Waals surface area (Å²) in [4.78, 5) is 7.68. The monoisotopic (exact) mass is 143 g/mol. The molecular weight excluding hydrogens is 138 g/mol. The van der Waals surface area contributed by atoms with Crippen LogP contribution < -0.4 is 5.32 Å². The van der Waals surface area contributed by atoms with Gasteiger partial charge in [0.05, 0.1) is 12.4 Å². The van der Waals surface area contributed by atoms with Crippen LogP contribution in [0.5, 0.6) is 0 Å². The smallest absolute Gasteiger partial charge is 0.149 e. The van der Waals surface area contributed by atoms with Gasteiger partial charge in [-0.15, -0.1) is 0 Å². The number of aromatic nitrogens is 2. The van der Waals surface area contributed by atoms with Crippen molar-refractivity contribution in [2.45, 2.75) is 0 Å². The summed E-state index contributed by atoms with van der Waals surface area (Å²) >= 11 is 5.51. The van der Waals surface area contributed by atoms with Crippen LogP contribution in [0.3, 0.4) is 0 Å². The SMILES string of the molecule is CNc1cncc(Cl)n1. The maximum atomic E-state index is 5.51. The standard InChI is InChI=1S/C5H6ClN3/c1-7-5-3-8-2-4(6)9-5/h2-3H,1H3,(H,7,9). The van der Waals surface area contributed by atoms with E-state index in [-0.39, 0.29) is 0 Å². The molecule has 48 valence electrons. The van der Waals surface area contributed by atoms with Gasteiger partial charge in [-0.25, -0.2) is 4.98 Å². The van der Waals surface area contributed by atoms with E-state index in [1.165, 1.54) is 6.20 Å². The molecule has 0 atom stereocenters. The molecule has 0 fully saturated rings. The first-order valence-electron chi connectivity index (χ1n) is 2.48. The predicted molar refractivity (Wildman–Crippen MR) is 36.6 cm³/mol. The summed E-state index contributed by atoms with van der Waals surface area (Å²) in [6.45, 7) is 0. The number of anilines is 1. The minimum atomic E-state index is 0.404. The van der Waals surface area contributed by atoms with E-state index >= 15 is 0 Å². The maximum absolute atomic E-state index is 5.51. The molecular formula is C5H6ClN3. The Bertz CT molecular complexity index is 201. The average Bonchev–Trinajstić information content (AvgIpc) is 1.88. The lowest BCUT2D eigenvalue weighted by atomic mass is 10.7. The molecule has 0 amide bonds. The van der Waals surface area contributed by atoms with E-state index < -0.39 is 0 Å². The summed E-state index contributed by atoms with van der Waals surface area (Å²) < 4.78 is 0. The largest absolute Gasteiger partial charge is 0.372 e. The van der Waals surface area contributed by atoms with E-state index in [2.05, 4.69) is 15.3 Å². The Hall–Kier alpha value is -0.830. The molecule has 0 aliphatic carbocycles. The molecule has 0 spiro atoms. The first kappa shape index (κ1) is 6.29. The summed E-state index contributed by atoms with van der Waals surface area (Å²) in [5.41, 5.74) is 0. The van der Waals surface area contributed by atoms with Gasteiger partial charge in [0.15, 0.2) is 0 Å². The fourth-order valence-electron chi connectivity index (χ4n) is 0.463. The zero-order valence-corrected chi connectivity index (χ0v) is 5.68. The second-order valence-electron chi connectivity index (χ2n) is 1.48. The van der Waals surface area contributed by atoms with Crippen molar-refractivity contribution in [2.75, 3.05) is 12.4 Å². The molecule has 0 aromatic carbocycles. The molecule has 1 heterocycles. The van der Waals surface area contributed by atoms with Gasteiger partial charge in [-0.2, -0.15) is 0 Å². The first-order chi connectivity index (χ1) is 4.33. The fourth-order valence-corrected chi connectivity index (χ4v) is 0.610. The van der Waals surface area contributed by atoms with E-state index in [9.17, 15) is 0 Å². The zero-order valence-electron chi connectivity index (χ0n) is 4.93. The van der Waals surface area contributed by atoms with Crippen molar-refractivity contribution in [3.05, 3.63) is 17.5 Å². The van der Waals surface area contributed by atoms with E-state index in [0.29, 0.717) is 11.0 Å². The van der Waals surface area contributed by atoms with Crippen molar-refractivity contribution in [3.8, 4) is 0 Å². The lowest BCUT2D eigenvalue weighted by Crippen LogP contribution is -1.92. The van der Waals surface area contributed by atoms with Gasteiger partial charge in [0.1, 0.15) is 11.0 Å². The van der Waals surface area contributed by atoms with Crippen LogP contribution in [-0.2, 0) is 0 Å². The normalized spacial score (nSPS) is 9.11. The Morgan fingerprint density at radius 3 is 2.78 bits per heavy atom. The van der Waals surface area contributed by atoms with Crippen LogP contribution in [0.1, 0.15) is 0 Å². The van der Waals surface area contributed by atoms with Crippen molar-refractivity contribution in [3.63, 3.8) is 0 Å². The highest BCUT2D eigenvalue weighted by atomic mass is 35.5. The Labute approximate surface area is 58.1 Å². The first-order valence-corrected chi connectivity index (χ1v) is 2.86. The van der Waals surface area contributed by atoms with Crippen molar-refractivity contribution in [1.29, 1.82) is 0 Å². The Kier molecular flexibility index (Phi) is 1.85. The quantitative estimate of drug-likeness (QED) is 0.642. The number of hydrogen-bond donors (Lipinski definition) is 1. The summed E-state index contributed by atoms with van der Waals surface area (Å²) in [5.74, 6) is 0.683. The van der Waals surface area contributed by atoms with Gasteiger partial charge in [0.2, 0.25) is 0 Å². The second kappa shape index (κ2) is 2.64. The van der Waals surface area contributed by atoms with Crippen LogP contribution in [0, 0.1) is 0 Å². The van der Waals surface area contributed by atoms with Crippen LogP contribution in [0.15, 0.2) is 12.4 Å². The molecule has 3 nitrogen and oxygen atoms in total. The van der Waals surface area contributed by atoms with Crippen LogP contribution in [0.4, 0.5) is 5.82 Å². The van der Waals surface area contributed by atoms with Crippen LogP contribution in [0.25, 0.3) is 0 Å². The van der Waals surface area contributed by atoms with Gasteiger partial charge in [-0.05, 0) is 0 Å². The lowest BCUT2D eigenvalue weighted by molar-refractivity contribution is 1.19. The number of nitrogens with one attached hydrogen (secondary N) is 1. The highest BCUT2D eigenvalue weighted by Crippen LogP contribution is 2.04. The van der Waals surface area contributed by atoms with Gasteiger partial charge in [0.25, 0.3) is 0 Å². The Morgan fingerprint density at radius 2 is 2.33 bits per heavy atom. The minimum absolute atomic E-state index is 0.404. The van der Waals surface area contributed by atoms with Crippen molar-refractivity contribution in [1.82, 2.24) is 9.97 Å². The molecule has 0 saturated carbocycles. The molecule has 0 radical (unpaired) electrons. The van der Waals surface area contributed by atoms with Gasteiger partial charge in [0, 0.05) is 7.05 Å². The maximum Gasteiger partial charge on any atom is 0.149 e. The highest BCUT2D eigenvalue weighted by Gasteiger charge is 1.89. The topological polar surface area (TPSA) is 37.8 Å². The molecule has 1 N–H and O–H groups in total. The minimum Gasteiger partial charge on any atom is -0.372 e. The molecule has 0 bridgehead atoms. The fraction of sp³-hybridized carbons (Fsp3) is 0.200. The Morgan fingerprint density at radius 1 is 1.56 bits per heavy atom. The second-order valence-corrected chi connectivity index (χ2v) is 1.86. The van der Waals surface area contributed by atoms with E-state index in [0.717, 1.165) is 0 Å². The van der Waals surface area contributed by atoms with E-state index in [1.807, 2.05) is 0 Å². The molecule has 0 aliphatic heterocycles. The van der Waals surface area contributed by atoms with Crippen molar-refractivity contribution < 1.29 is 0 Å². The third-order valence-electron chi connectivity index (χ3n) is 0.861. The molecule has 0 aliphatic rings. The van der Waals surface area contributed by atoms with Gasteiger partial charge in [-0.3, -0.25) is 4.98 Å². The number of hydrogen-bond acceptors (Lipinski definition) is 3. The number of halogens is 1. The summed E-state index contributed by atoms with van der Waals surface area (Å²) in [7, 11) is 1.76. The number of nitrogens with zero attached hydrogens (tertiary/aromatic N) is 2. The van der Waals surface area contributed by atoms with E-state index in [1.54, 1.807) is 13.2 Å². The number of rotatable bonds is 1. The lowest BCUT2D eigenvalue weighted by Gasteiger charge is -1.94. The highest BCUT2D eigenvalue weighted by molar-refractivity contribution is 6.29. The van der Waals surface area contributed by atoms with Crippen LogP contribution in [-0.4, -0.2) is 17.0 Å². The molecule has 0 saturated heterocycles. The molecule has 0 unspecified atom stereocenters. The van der Waals surface area contributed by atoms with Gasteiger partial charge >= 0.3 is 0 Å². The summed E-state index contributed by atoms with van der Waals surface area (Å²) in [6, 6.07) is 0. The van der Waals surface area contributed by atoms with Gasteiger partial charge < -0.3 is 5.32 Å². The summed E-state index contributed by atoms with van der Waals surface area (Å²) in [5, 5.41) is 3.21. The third-order valence-corrected chi connectivity index (χ3v) is 1.04. The molecule has 4 heteroatoms. The van der Waals surface area contributed by atoms with Crippen LogP contribution >= 0.6 is 11.6 Å². The molecule has 1 aromatic rings. The van der Waals surface area contributed by atoms with Crippen molar-refractivity contribution in [2.24, 2.45) is 0 Å². The van der Waals surface area contributed by atoms with Crippen molar-refractivity contribution >= 4 is 17.4 Å². The molecule has 1 aromatic heterocycles. The molecule has 9 heavy (non-hydrogen) atoms. The average molecular weight is 144 g/mol. The van der Waals surface area contributed by atoms with Gasteiger partial charge in [-0.1, -0.05) is 11.6 Å². The predicted octanol–water partition coefficient (Wildman–Crippen LogP) is 1.17. The third kappa shape index (κ3) is 1.54.